The predicted molar refractivity (Wildman–Crippen MR) is 96.0 cm³/mol. The Labute approximate surface area is 138 Å². The second kappa shape index (κ2) is 4.86. The van der Waals surface area contributed by atoms with Crippen LogP contribution in [-0.4, -0.2) is 19.8 Å². The highest BCUT2D eigenvalue weighted by Gasteiger charge is 2.15. The van der Waals surface area contributed by atoms with Gasteiger partial charge in [-0.05, 0) is 18.4 Å². The predicted octanol–water partition coefficient (Wildman–Crippen LogP) is 4.41. The lowest BCUT2D eigenvalue weighted by atomic mass is 10.1. The SMILES string of the molecule is Cc1c(-c2ccccc2)nn2c1nnc1c3ccccc3ccc12. The summed E-state index contributed by atoms with van der Waals surface area (Å²) in [5, 5.41) is 16.0. The molecule has 4 nitrogen and oxygen atoms in total. The van der Waals surface area contributed by atoms with Gasteiger partial charge in [-0.15, -0.1) is 10.2 Å². The van der Waals surface area contributed by atoms with Gasteiger partial charge in [-0.2, -0.15) is 5.10 Å². The number of benzene rings is 3. The molecule has 0 fully saturated rings. The van der Waals surface area contributed by atoms with Gasteiger partial charge in [-0.25, -0.2) is 4.52 Å². The number of aromatic nitrogens is 4. The average molecular weight is 310 g/mol. The van der Waals surface area contributed by atoms with Crippen LogP contribution in [0.1, 0.15) is 5.56 Å². The minimum absolute atomic E-state index is 0.802. The Kier molecular flexibility index (Phi) is 2.67. The molecule has 0 N–H and O–H groups in total. The molecule has 0 atom stereocenters. The normalized spacial score (nSPS) is 11.5. The van der Waals surface area contributed by atoms with Gasteiger partial charge in [0.1, 0.15) is 5.52 Å². The fourth-order valence-corrected chi connectivity index (χ4v) is 3.26. The number of hydrogen-bond donors (Lipinski definition) is 0. The molecule has 0 amide bonds. The highest BCUT2D eigenvalue weighted by molar-refractivity contribution is 6.04. The van der Waals surface area contributed by atoms with Gasteiger partial charge in [0.05, 0.1) is 11.2 Å². The van der Waals surface area contributed by atoms with E-state index in [-0.39, 0.29) is 0 Å². The van der Waals surface area contributed by atoms with Gasteiger partial charge < -0.3 is 0 Å². The summed E-state index contributed by atoms with van der Waals surface area (Å²) in [5.41, 5.74) is 5.74. The molecule has 24 heavy (non-hydrogen) atoms. The third-order valence-corrected chi connectivity index (χ3v) is 4.49. The molecule has 0 saturated carbocycles. The number of fused-ring (bicyclic) bond motifs is 5. The molecule has 0 aliphatic heterocycles. The average Bonchev–Trinajstić information content (AvgIpc) is 2.99. The smallest absolute Gasteiger partial charge is 0.181 e. The molecule has 5 rings (SSSR count). The summed E-state index contributed by atoms with van der Waals surface area (Å²) >= 11 is 0. The number of rotatable bonds is 1. The maximum Gasteiger partial charge on any atom is 0.181 e. The van der Waals surface area contributed by atoms with E-state index in [0.29, 0.717) is 0 Å². The Morgan fingerprint density at radius 2 is 1.58 bits per heavy atom. The van der Waals surface area contributed by atoms with Crippen molar-refractivity contribution in [3.63, 3.8) is 0 Å². The van der Waals surface area contributed by atoms with Crippen molar-refractivity contribution < 1.29 is 0 Å². The van der Waals surface area contributed by atoms with E-state index in [1.165, 1.54) is 0 Å². The number of nitrogens with zero attached hydrogens (tertiary/aromatic N) is 4. The lowest BCUT2D eigenvalue weighted by Crippen LogP contribution is -1.97. The summed E-state index contributed by atoms with van der Waals surface area (Å²) in [7, 11) is 0. The Hall–Kier alpha value is -3.27. The second-order valence-corrected chi connectivity index (χ2v) is 5.93. The molecule has 4 heteroatoms. The molecular weight excluding hydrogens is 296 g/mol. The monoisotopic (exact) mass is 310 g/mol. The summed E-state index contributed by atoms with van der Waals surface area (Å²) in [5.74, 6) is 0. The van der Waals surface area contributed by atoms with E-state index in [4.69, 9.17) is 5.10 Å². The first-order chi connectivity index (χ1) is 11.8. The van der Waals surface area contributed by atoms with Crippen LogP contribution in [0, 0.1) is 6.92 Å². The lowest BCUT2D eigenvalue weighted by Gasteiger charge is -2.03. The van der Waals surface area contributed by atoms with Crippen molar-refractivity contribution >= 4 is 27.5 Å². The first-order valence-electron chi connectivity index (χ1n) is 7.92. The van der Waals surface area contributed by atoms with Crippen LogP contribution in [0.5, 0.6) is 0 Å². The standard InChI is InChI=1S/C20H14N4/c1-13-18(15-8-3-2-4-9-15)23-24-17-12-11-14-7-5-6-10-16(14)19(17)21-22-20(13)24/h2-12H,1H3. The zero-order chi connectivity index (χ0) is 16.1. The van der Waals surface area contributed by atoms with Crippen LogP contribution < -0.4 is 0 Å². The quantitative estimate of drug-likeness (QED) is 0.431. The Morgan fingerprint density at radius 1 is 0.792 bits per heavy atom. The zero-order valence-electron chi connectivity index (χ0n) is 13.1. The van der Waals surface area contributed by atoms with Crippen LogP contribution in [0.4, 0.5) is 0 Å². The summed E-state index contributed by atoms with van der Waals surface area (Å²) in [4.78, 5) is 0. The van der Waals surface area contributed by atoms with Crippen molar-refractivity contribution in [2.45, 2.75) is 6.92 Å². The van der Waals surface area contributed by atoms with Crippen LogP contribution in [0.2, 0.25) is 0 Å². The molecule has 5 aromatic rings. The molecule has 114 valence electrons. The van der Waals surface area contributed by atoms with Crippen LogP contribution in [-0.2, 0) is 0 Å². The van der Waals surface area contributed by atoms with E-state index < -0.39 is 0 Å². The fourth-order valence-electron chi connectivity index (χ4n) is 3.26. The Morgan fingerprint density at radius 3 is 2.46 bits per heavy atom. The van der Waals surface area contributed by atoms with E-state index in [9.17, 15) is 0 Å². The van der Waals surface area contributed by atoms with Crippen molar-refractivity contribution in [1.82, 2.24) is 19.8 Å². The van der Waals surface area contributed by atoms with Crippen LogP contribution in [0.3, 0.4) is 0 Å². The van der Waals surface area contributed by atoms with E-state index in [2.05, 4.69) is 46.6 Å². The molecule has 0 saturated heterocycles. The lowest BCUT2D eigenvalue weighted by molar-refractivity contribution is 0.947. The Balaban J connectivity index is 1.90. The highest BCUT2D eigenvalue weighted by atomic mass is 15.3. The van der Waals surface area contributed by atoms with E-state index in [1.54, 1.807) is 0 Å². The molecule has 0 aliphatic carbocycles. The van der Waals surface area contributed by atoms with Gasteiger partial charge in [0.15, 0.2) is 5.65 Å². The fraction of sp³-hybridized carbons (Fsp3) is 0.0500. The first-order valence-corrected chi connectivity index (χ1v) is 7.92. The molecule has 0 unspecified atom stereocenters. The van der Waals surface area contributed by atoms with Crippen LogP contribution in [0.15, 0.2) is 66.7 Å². The third-order valence-electron chi connectivity index (χ3n) is 4.49. The minimum atomic E-state index is 0.802. The maximum atomic E-state index is 4.83. The largest absolute Gasteiger partial charge is 0.210 e. The maximum absolute atomic E-state index is 4.83. The molecule has 0 radical (unpaired) electrons. The van der Waals surface area contributed by atoms with Gasteiger partial charge in [0.2, 0.25) is 0 Å². The van der Waals surface area contributed by atoms with Gasteiger partial charge in [-0.1, -0.05) is 60.7 Å². The molecule has 2 heterocycles. The molecular formula is C20H14N4. The van der Waals surface area contributed by atoms with Crippen molar-refractivity contribution in [3.8, 4) is 11.3 Å². The van der Waals surface area contributed by atoms with E-state index in [0.717, 1.165) is 44.3 Å². The van der Waals surface area contributed by atoms with Crippen LogP contribution in [0.25, 0.3) is 38.7 Å². The topological polar surface area (TPSA) is 43.1 Å². The van der Waals surface area contributed by atoms with Gasteiger partial charge in [-0.3, -0.25) is 0 Å². The van der Waals surface area contributed by atoms with Crippen molar-refractivity contribution in [2.24, 2.45) is 0 Å². The third kappa shape index (κ3) is 1.77. The van der Waals surface area contributed by atoms with Gasteiger partial charge in [0.25, 0.3) is 0 Å². The summed E-state index contributed by atoms with van der Waals surface area (Å²) < 4.78 is 1.91. The molecule has 0 aliphatic rings. The molecule has 3 aromatic carbocycles. The molecule has 0 spiro atoms. The summed E-state index contributed by atoms with van der Waals surface area (Å²) in [6.45, 7) is 2.05. The van der Waals surface area contributed by atoms with Crippen molar-refractivity contribution in [2.75, 3.05) is 0 Å². The zero-order valence-corrected chi connectivity index (χ0v) is 13.1. The minimum Gasteiger partial charge on any atom is -0.210 e. The van der Waals surface area contributed by atoms with Gasteiger partial charge >= 0.3 is 0 Å². The van der Waals surface area contributed by atoms with Gasteiger partial charge in [0, 0.05) is 16.5 Å². The molecule has 2 aromatic heterocycles. The van der Waals surface area contributed by atoms with Crippen molar-refractivity contribution in [1.29, 1.82) is 0 Å². The van der Waals surface area contributed by atoms with E-state index >= 15 is 0 Å². The highest BCUT2D eigenvalue weighted by Crippen LogP contribution is 2.28. The Bertz CT molecular complexity index is 1210. The summed E-state index contributed by atoms with van der Waals surface area (Å²) in [6, 6.07) is 22.6. The second-order valence-electron chi connectivity index (χ2n) is 5.93. The number of aryl methyl sites for hydroxylation is 1. The molecule has 0 bridgehead atoms. The van der Waals surface area contributed by atoms with Crippen LogP contribution >= 0.6 is 0 Å². The van der Waals surface area contributed by atoms with Crippen molar-refractivity contribution in [3.05, 3.63) is 72.3 Å². The summed E-state index contributed by atoms with van der Waals surface area (Å²) in [6.07, 6.45) is 0. The van der Waals surface area contributed by atoms with E-state index in [1.807, 2.05) is 41.8 Å². The first kappa shape index (κ1) is 13.2. The number of hydrogen-bond acceptors (Lipinski definition) is 3.